The van der Waals surface area contributed by atoms with Crippen molar-refractivity contribution in [3.63, 3.8) is 0 Å². The molecule has 6 heteroatoms. The van der Waals surface area contributed by atoms with Gasteiger partial charge in [0.1, 0.15) is 0 Å². The zero-order chi connectivity index (χ0) is 13.9. The maximum Gasteiger partial charge on any atom is 0.328 e. The van der Waals surface area contributed by atoms with Gasteiger partial charge in [-0.25, -0.2) is 13.2 Å². The monoisotopic (exact) mass is 281 g/mol. The molecule has 1 aromatic rings. The number of benzene rings is 1. The standard InChI is InChI=1S/C13H15NO4S/c15-13(16)9-8-11-5-4-10-14(11)19(17,18)12-6-2-1-3-7-12/h1-3,6-9,11H,4-5,10H2,(H,15,16). The summed E-state index contributed by atoms with van der Waals surface area (Å²) in [5.41, 5.74) is 0. The molecule has 2 rings (SSSR count). The van der Waals surface area contributed by atoms with Gasteiger partial charge in [-0.2, -0.15) is 4.31 Å². The number of sulfonamides is 1. The third-order valence-corrected chi connectivity index (χ3v) is 5.00. The average Bonchev–Trinajstić information content (AvgIpc) is 2.86. The van der Waals surface area contributed by atoms with E-state index in [-0.39, 0.29) is 10.9 Å². The topological polar surface area (TPSA) is 74.7 Å². The fourth-order valence-corrected chi connectivity index (χ4v) is 3.85. The van der Waals surface area contributed by atoms with Crippen molar-refractivity contribution in [2.24, 2.45) is 0 Å². The van der Waals surface area contributed by atoms with Crippen molar-refractivity contribution in [2.45, 2.75) is 23.8 Å². The molecule has 0 bridgehead atoms. The molecule has 1 aromatic carbocycles. The number of carbonyl (C=O) groups is 1. The van der Waals surface area contributed by atoms with Crippen LogP contribution in [0.3, 0.4) is 0 Å². The third-order valence-electron chi connectivity index (χ3n) is 3.06. The van der Waals surface area contributed by atoms with E-state index in [2.05, 4.69) is 0 Å². The summed E-state index contributed by atoms with van der Waals surface area (Å²) in [6, 6.07) is 7.82. The Morgan fingerprint density at radius 3 is 2.63 bits per heavy atom. The fourth-order valence-electron chi connectivity index (χ4n) is 2.18. The van der Waals surface area contributed by atoms with Crippen LogP contribution in [0.4, 0.5) is 0 Å². The van der Waals surface area contributed by atoms with Crippen molar-refractivity contribution < 1.29 is 18.3 Å². The van der Waals surface area contributed by atoms with E-state index in [0.717, 1.165) is 12.5 Å². The molecule has 0 saturated carbocycles. The van der Waals surface area contributed by atoms with E-state index in [1.54, 1.807) is 30.3 Å². The summed E-state index contributed by atoms with van der Waals surface area (Å²) < 4.78 is 26.2. The molecular weight excluding hydrogens is 266 g/mol. The van der Waals surface area contributed by atoms with E-state index in [4.69, 9.17) is 5.11 Å². The highest BCUT2D eigenvalue weighted by Gasteiger charge is 2.33. The Morgan fingerprint density at radius 2 is 2.00 bits per heavy atom. The summed E-state index contributed by atoms with van der Waals surface area (Å²) >= 11 is 0. The minimum absolute atomic E-state index is 0.241. The van der Waals surface area contributed by atoms with Crippen LogP contribution in [0.2, 0.25) is 0 Å². The number of rotatable bonds is 4. The number of carboxylic acids is 1. The van der Waals surface area contributed by atoms with Crippen LogP contribution < -0.4 is 0 Å². The van der Waals surface area contributed by atoms with Crippen LogP contribution in [0.25, 0.3) is 0 Å². The minimum Gasteiger partial charge on any atom is -0.478 e. The van der Waals surface area contributed by atoms with Gasteiger partial charge in [-0.15, -0.1) is 0 Å². The largest absolute Gasteiger partial charge is 0.478 e. The first-order valence-corrected chi connectivity index (χ1v) is 7.44. The second kappa shape index (κ2) is 5.54. The Balaban J connectivity index is 2.27. The zero-order valence-electron chi connectivity index (χ0n) is 10.3. The van der Waals surface area contributed by atoms with Crippen molar-refractivity contribution in [3.8, 4) is 0 Å². The quantitative estimate of drug-likeness (QED) is 0.848. The molecule has 102 valence electrons. The molecule has 1 N–H and O–H groups in total. The zero-order valence-corrected chi connectivity index (χ0v) is 11.1. The van der Waals surface area contributed by atoms with Crippen LogP contribution in [-0.2, 0) is 14.8 Å². The highest BCUT2D eigenvalue weighted by atomic mass is 32.2. The Kier molecular flexibility index (Phi) is 4.01. The summed E-state index contributed by atoms with van der Waals surface area (Å²) in [6.45, 7) is 0.422. The first-order valence-electron chi connectivity index (χ1n) is 6.00. The van der Waals surface area contributed by atoms with Gasteiger partial charge in [-0.05, 0) is 25.0 Å². The summed E-state index contributed by atoms with van der Waals surface area (Å²) in [7, 11) is -3.55. The van der Waals surface area contributed by atoms with Gasteiger partial charge in [-0.1, -0.05) is 24.3 Å². The minimum atomic E-state index is -3.55. The summed E-state index contributed by atoms with van der Waals surface area (Å²) in [6.07, 6.45) is 3.83. The maximum atomic E-state index is 12.4. The van der Waals surface area contributed by atoms with E-state index in [1.807, 2.05) is 0 Å². The van der Waals surface area contributed by atoms with Crippen molar-refractivity contribution in [1.29, 1.82) is 0 Å². The van der Waals surface area contributed by atoms with Gasteiger partial charge in [-0.3, -0.25) is 0 Å². The highest BCUT2D eigenvalue weighted by molar-refractivity contribution is 7.89. The van der Waals surface area contributed by atoms with Gasteiger partial charge in [0.15, 0.2) is 0 Å². The average molecular weight is 281 g/mol. The van der Waals surface area contributed by atoms with Crippen molar-refractivity contribution in [1.82, 2.24) is 4.31 Å². The van der Waals surface area contributed by atoms with E-state index in [1.165, 1.54) is 10.4 Å². The predicted octanol–water partition coefficient (Wildman–Crippen LogP) is 1.48. The van der Waals surface area contributed by atoms with E-state index < -0.39 is 16.0 Å². The molecule has 1 saturated heterocycles. The smallest absolute Gasteiger partial charge is 0.328 e. The lowest BCUT2D eigenvalue weighted by atomic mass is 10.2. The number of hydrogen-bond donors (Lipinski definition) is 1. The molecule has 1 atom stereocenters. The van der Waals surface area contributed by atoms with E-state index in [9.17, 15) is 13.2 Å². The molecule has 5 nitrogen and oxygen atoms in total. The Morgan fingerprint density at radius 1 is 1.32 bits per heavy atom. The van der Waals surface area contributed by atoms with E-state index >= 15 is 0 Å². The maximum absolute atomic E-state index is 12.4. The van der Waals surface area contributed by atoms with Gasteiger partial charge in [0.25, 0.3) is 0 Å². The van der Waals surface area contributed by atoms with Gasteiger partial charge >= 0.3 is 5.97 Å². The van der Waals surface area contributed by atoms with Crippen molar-refractivity contribution in [3.05, 3.63) is 42.5 Å². The number of hydrogen-bond acceptors (Lipinski definition) is 3. The summed E-state index contributed by atoms with van der Waals surface area (Å²) in [5.74, 6) is -1.07. The third kappa shape index (κ3) is 3.02. The predicted molar refractivity (Wildman–Crippen MR) is 70.1 cm³/mol. The molecule has 1 unspecified atom stereocenters. The van der Waals surface area contributed by atoms with Crippen molar-refractivity contribution >= 4 is 16.0 Å². The summed E-state index contributed by atoms with van der Waals surface area (Å²) in [4.78, 5) is 10.8. The van der Waals surface area contributed by atoms with Crippen LogP contribution in [0.5, 0.6) is 0 Å². The molecule has 0 spiro atoms. The molecule has 19 heavy (non-hydrogen) atoms. The number of nitrogens with zero attached hydrogens (tertiary/aromatic N) is 1. The fraction of sp³-hybridized carbons (Fsp3) is 0.308. The normalized spacial score (nSPS) is 20.9. The molecular formula is C13H15NO4S. The lowest BCUT2D eigenvalue weighted by molar-refractivity contribution is -0.131. The number of carboxylic acid groups (broad SMARTS) is 1. The Hall–Kier alpha value is -1.66. The van der Waals surface area contributed by atoms with Gasteiger partial charge in [0.2, 0.25) is 10.0 Å². The summed E-state index contributed by atoms with van der Waals surface area (Å²) in [5, 5.41) is 8.63. The Bertz CT molecular complexity index is 580. The van der Waals surface area contributed by atoms with Crippen LogP contribution in [-0.4, -0.2) is 36.4 Å². The second-order valence-corrected chi connectivity index (χ2v) is 6.23. The molecule has 1 aliphatic rings. The second-order valence-electron chi connectivity index (χ2n) is 4.34. The first kappa shape index (κ1) is 13.8. The van der Waals surface area contributed by atoms with Crippen LogP contribution in [0, 0.1) is 0 Å². The van der Waals surface area contributed by atoms with Crippen LogP contribution in [0.15, 0.2) is 47.4 Å². The highest BCUT2D eigenvalue weighted by Crippen LogP contribution is 2.26. The lowest BCUT2D eigenvalue weighted by Crippen LogP contribution is -2.34. The molecule has 0 radical (unpaired) electrons. The molecule has 0 aliphatic carbocycles. The Labute approximate surface area is 112 Å². The van der Waals surface area contributed by atoms with Gasteiger partial charge in [0, 0.05) is 18.7 Å². The number of aliphatic carboxylic acids is 1. The molecule has 0 aromatic heterocycles. The van der Waals surface area contributed by atoms with Gasteiger partial charge in [0.05, 0.1) is 4.90 Å². The lowest BCUT2D eigenvalue weighted by Gasteiger charge is -2.21. The van der Waals surface area contributed by atoms with Gasteiger partial charge < -0.3 is 5.11 Å². The van der Waals surface area contributed by atoms with Crippen molar-refractivity contribution in [2.75, 3.05) is 6.54 Å². The molecule has 0 amide bonds. The molecule has 1 fully saturated rings. The van der Waals surface area contributed by atoms with Crippen LogP contribution >= 0.6 is 0 Å². The first-order chi connectivity index (χ1) is 9.01. The molecule has 1 heterocycles. The van der Waals surface area contributed by atoms with E-state index in [0.29, 0.717) is 13.0 Å². The van der Waals surface area contributed by atoms with Crippen LogP contribution in [0.1, 0.15) is 12.8 Å². The SMILES string of the molecule is O=C(O)C=CC1CCCN1S(=O)(=O)c1ccccc1. The molecule has 1 aliphatic heterocycles.